The van der Waals surface area contributed by atoms with Crippen LogP contribution in [-0.4, -0.2) is 20.8 Å². The Hall–Kier alpha value is -5.15. The standard InChI is InChI=1S/C41H29N5OP.Pt/c1-48(47,33-18-12-17-32(27-33)44-26-25-43(29-44)30-13-4-2-5-14-30)34-23-24-36-35-19-8-10-21-38(35)46(40(36)28-34)41-42-37-20-9-11-22-39(37)45(41)31-15-6-3-7-16-31;/h2-26,29H,1H3;/q-3;. The Morgan fingerprint density at radius 1 is 0.592 bits per heavy atom. The zero-order valence-electron chi connectivity index (χ0n) is 26.4. The Kier molecular flexibility index (Phi) is 7.87. The summed E-state index contributed by atoms with van der Waals surface area (Å²) in [5.74, 6) is 0.751. The second-order valence-electron chi connectivity index (χ2n) is 11.9. The maximum atomic E-state index is 14.9. The Labute approximate surface area is 299 Å². The molecule has 0 N–H and O–H groups in total. The van der Waals surface area contributed by atoms with Crippen molar-refractivity contribution < 1.29 is 25.6 Å². The molecule has 0 saturated carbocycles. The van der Waals surface area contributed by atoms with Gasteiger partial charge in [-0.1, -0.05) is 82.9 Å². The first kappa shape index (κ1) is 31.1. The number of para-hydroxylation sites is 5. The average Bonchev–Trinajstić information content (AvgIpc) is 3.87. The van der Waals surface area contributed by atoms with Crippen molar-refractivity contribution in [2.45, 2.75) is 0 Å². The maximum absolute atomic E-state index is 14.9. The molecule has 0 fully saturated rings. The van der Waals surface area contributed by atoms with E-state index >= 15 is 0 Å². The van der Waals surface area contributed by atoms with Gasteiger partial charge in [-0.2, -0.15) is 36.4 Å². The zero-order chi connectivity index (χ0) is 32.2. The van der Waals surface area contributed by atoms with Crippen molar-refractivity contribution in [3.05, 3.63) is 171 Å². The van der Waals surface area contributed by atoms with Gasteiger partial charge in [0, 0.05) is 38.0 Å². The van der Waals surface area contributed by atoms with E-state index in [1.165, 1.54) is 0 Å². The van der Waals surface area contributed by atoms with E-state index in [0.717, 1.165) is 55.8 Å². The first-order valence-electron chi connectivity index (χ1n) is 15.8. The Bertz CT molecular complexity index is 2560. The third-order valence-electron chi connectivity index (χ3n) is 8.98. The molecule has 242 valence electrons. The third-order valence-corrected chi connectivity index (χ3v) is 11.3. The molecule has 8 heteroatoms. The molecule has 1 aliphatic rings. The van der Waals surface area contributed by atoms with Gasteiger partial charge in [0.25, 0.3) is 0 Å². The maximum Gasteiger partial charge on any atom is 0.218 e. The van der Waals surface area contributed by atoms with E-state index < -0.39 is 7.14 Å². The molecule has 6 aromatic carbocycles. The minimum atomic E-state index is -3.12. The molecule has 49 heavy (non-hydrogen) atoms. The van der Waals surface area contributed by atoms with Crippen LogP contribution in [0.1, 0.15) is 0 Å². The SMILES string of the molecule is CP(=O)(c1[c-]c(N2C=CN(c3ccccc3)[CH-]2)ccc1)c1[c-]c2c(cc1)c1ccccc1n2-c1nc2ccccc2n1-c1ccccc1.[Pt]. The van der Waals surface area contributed by atoms with Gasteiger partial charge in [-0.25, -0.2) is 4.98 Å². The van der Waals surface area contributed by atoms with E-state index in [4.69, 9.17) is 4.98 Å². The molecule has 3 heterocycles. The molecule has 1 atom stereocenters. The fraction of sp³-hybridized carbons (Fsp3) is 0.0244. The van der Waals surface area contributed by atoms with Crippen molar-refractivity contribution in [1.29, 1.82) is 0 Å². The van der Waals surface area contributed by atoms with Gasteiger partial charge < -0.3 is 18.9 Å². The van der Waals surface area contributed by atoms with Gasteiger partial charge in [-0.15, -0.1) is 23.8 Å². The fourth-order valence-electron chi connectivity index (χ4n) is 6.56. The average molecular weight is 834 g/mol. The topological polar surface area (TPSA) is 46.3 Å². The molecule has 0 amide bonds. The number of hydrogen-bond donors (Lipinski definition) is 0. The van der Waals surface area contributed by atoms with Gasteiger partial charge in [-0.3, -0.25) is 4.57 Å². The Morgan fingerprint density at radius 3 is 2.04 bits per heavy atom. The fourth-order valence-corrected chi connectivity index (χ4v) is 8.19. The van der Waals surface area contributed by atoms with E-state index in [1.54, 1.807) is 0 Å². The minimum absolute atomic E-state index is 0. The summed E-state index contributed by atoms with van der Waals surface area (Å²) in [6, 6.07) is 53.9. The third kappa shape index (κ3) is 5.24. The molecule has 0 spiro atoms. The summed E-state index contributed by atoms with van der Waals surface area (Å²) in [6.07, 6.45) is 3.99. The first-order valence-corrected chi connectivity index (χ1v) is 18.0. The van der Waals surface area contributed by atoms with Crippen molar-refractivity contribution in [1.82, 2.24) is 14.1 Å². The summed E-state index contributed by atoms with van der Waals surface area (Å²) < 4.78 is 19.2. The number of fused-ring (bicyclic) bond motifs is 4. The van der Waals surface area contributed by atoms with Crippen LogP contribution in [-0.2, 0) is 25.6 Å². The van der Waals surface area contributed by atoms with Gasteiger partial charge in [0.2, 0.25) is 5.95 Å². The van der Waals surface area contributed by atoms with E-state index in [-0.39, 0.29) is 21.1 Å². The molecular formula is C41H29N5OPPt-3. The molecule has 1 aliphatic heterocycles. The van der Waals surface area contributed by atoms with Gasteiger partial charge >= 0.3 is 0 Å². The number of nitrogens with zero attached hydrogens (tertiary/aromatic N) is 5. The van der Waals surface area contributed by atoms with Crippen molar-refractivity contribution in [2.75, 3.05) is 16.5 Å². The monoisotopic (exact) mass is 833 g/mol. The van der Waals surface area contributed by atoms with E-state index in [0.29, 0.717) is 10.6 Å². The first-order chi connectivity index (χ1) is 23.6. The second-order valence-corrected chi connectivity index (χ2v) is 14.8. The summed E-state index contributed by atoms with van der Waals surface area (Å²) in [5, 5.41) is 3.40. The van der Waals surface area contributed by atoms with Crippen molar-refractivity contribution >= 4 is 62.0 Å². The van der Waals surface area contributed by atoms with Crippen molar-refractivity contribution in [3.63, 3.8) is 0 Å². The van der Waals surface area contributed by atoms with Crippen molar-refractivity contribution in [2.24, 2.45) is 0 Å². The van der Waals surface area contributed by atoms with Crippen LogP contribution in [0.5, 0.6) is 0 Å². The van der Waals surface area contributed by atoms with Gasteiger partial charge in [-0.05, 0) is 66.9 Å². The van der Waals surface area contributed by atoms with Gasteiger partial charge in [0.1, 0.15) is 0 Å². The van der Waals surface area contributed by atoms with Crippen LogP contribution < -0.4 is 20.4 Å². The summed E-state index contributed by atoms with van der Waals surface area (Å²) >= 11 is 0. The van der Waals surface area contributed by atoms with Crippen LogP contribution >= 0.6 is 7.14 Å². The number of aromatic nitrogens is 3. The van der Waals surface area contributed by atoms with Crippen LogP contribution in [0.4, 0.5) is 11.4 Å². The van der Waals surface area contributed by atoms with Gasteiger partial charge in [0.05, 0.1) is 18.2 Å². The Morgan fingerprint density at radius 2 is 1.24 bits per heavy atom. The summed E-state index contributed by atoms with van der Waals surface area (Å²) in [5.41, 5.74) is 6.62. The number of benzene rings is 6. The van der Waals surface area contributed by atoms with E-state index in [1.807, 2.05) is 122 Å². The molecule has 0 saturated heterocycles. The molecule has 0 bridgehead atoms. The number of rotatable bonds is 6. The normalized spacial score (nSPS) is 14.1. The molecule has 0 radical (unpaired) electrons. The number of anilines is 2. The van der Waals surface area contributed by atoms with Crippen LogP contribution in [0.2, 0.25) is 0 Å². The summed E-state index contributed by atoms with van der Waals surface area (Å²) in [6.45, 7) is 3.81. The minimum Gasteiger partial charge on any atom is -0.500 e. The van der Waals surface area contributed by atoms with Crippen LogP contribution in [0.25, 0.3) is 44.5 Å². The van der Waals surface area contributed by atoms with Gasteiger partial charge in [0.15, 0.2) is 0 Å². The number of hydrogen-bond acceptors (Lipinski definition) is 4. The molecule has 6 nitrogen and oxygen atoms in total. The largest absolute Gasteiger partial charge is 0.500 e. The predicted octanol–water partition coefficient (Wildman–Crippen LogP) is 8.58. The van der Waals surface area contributed by atoms with E-state index in [2.05, 4.69) is 74.7 Å². The second kappa shape index (κ2) is 12.4. The quantitative estimate of drug-likeness (QED) is 0.125. The van der Waals surface area contributed by atoms with Crippen LogP contribution in [0, 0.1) is 18.8 Å². The number of imidazole rings is 1. The summed E-state index contributed by atoms with van der Waals surface area (Å²) in [7, 11) is -3.12. The molecule has 1 unspecified atom stereocenters. The Balaban J connectivity index is 0.00000348. The van der Waals surface area contributed by atoms with Crippen LogP contribution in [0.15, 0.2) is 152 Å². The zero-order valence-corrected chi connectivity index (χ0v) is 29.6. The molecule has 8 aromatic rings. The van der Waals surface area contributed by atoms with Crippen LogP contribution in [0.3, 0.4) is 0 Å². The summed E-state index contributed by atoms with van der Waals surface area (Å²) in [4.78, 5) is 9.22. The molecule has 9 rings (SSSR count). The van der Waals surface area contributed by atoms with E-state index in [9.17, 15) is 4.57 Å². The molecule has 0 aliphatic carbocycles. The van der Waals surface area contributed by atoms with Crippen molar-refractivity contribution in [3.8, 4) is 11.6 Å². The smallest absolute Gasteiger partial charge is 0.218 e. The predicted molar refractivity (Wildman–Crippen MR) is 197 cm³/mol. The molecular weight excluding hydrogens is 805 g/mol. The molecule has 2 aromatic heterocycles.